The van der Waals surface area contributed by atoms with Gasteiger partial charge in [0.25, 0.3) is 5.91 Å². The highest BCUT2D eigenvalue weighted by molar-refractivity contribution is 6.04. The molecule has 1 N–H and O–H groups in total. The van der Waals surface area contributed by atoms with Gasteiger partial charge in [0.2, 0.25) is 0 Å². The van der Waals surface area contributed by atoms with Gasteiger partial charge in [0.05, 0.1) is 5.56 Å². The van der Waals surface area contributed by atoms with Crippen LogP contribution < -0.4 is 5.32 Å². The summed E-state index contributed by atoms with van der Waals surface area (Å²) in [6.45, 7) is 3.96. The van der Waals surface area contributed by atoms with Crippen LogP contribution in [0, 0.1) is 0 Å². The van der Waals surface area contributed by atoms with Crippen LogP contribution in [0.5, 0.6) is 0 Å². The average molecular weight is 307 g/mol. The summed E-state index contributed by atoms with van der Waals surface area (Å²) in [6.07, 6.45) is -4.47. The largest absolute Gasteiger partial charge is 0.416 e. The van der Waals surface area contributed by atoms with Gasteiger partial charge >= 0.3 is 6.18 Å². The van der Waals surface area contributed by atoms with E-state index in [1.54, 1.807) is 12.1 Å². The van der Waals surface area contributed by atoms with Gasteiger partial charge in [0.15, 0.2) is 0 Å². The van der Waals surface area contributed by atoms with Crippen molar-refractivity contribution >= 4 is 11.6 Å². The number of benzene rings is 2. The summed E-state index contributed by atoms with van der Waals surface area (Å²) in [5.41, 5.74) is 0.688. The van der Waals surface area contributed by atoms with Crippen LogP contribution in [0.1, 0.15) is 41.3 Å². The molecular weight excluding hydrogens is 291 g/mol. The molecular formula is C17H16F3NO. The smallest absolute Gasteiger partial charge is 0.322 e. The van der Waals surface area contributed by atoms with Gasteiger partial charge in [-0.15, -0.1) is 0 Å². The molecule has 0 aliphatic heterocycles. The average Bonchev–Trinajstić information content (AvgIpc) is 2.47. The second kappa shape index (κ2) is 6.22. The van der Waals surface area contributed by atoms with E-state index in [1.807, 2.05) is 26.0 Å². The van der Waals surface area contributed by atoms with Crippen molar-refractivity contribution in [2.45, 2.75) is 25.9 Å². The van der Waals surface area contributed by atoms with Crippen molar-refractivity contribution in [3.05, 3.63) is 65.2 Å². The van der Waals surface area contributed by atoms with Gasteiger partial charge in [-0.25, -0.2) is 0 Å². The number of carbonyl (C=O) groups excluding carboxylic acids is 1. The van der Waals surface area contributed by atoms with E-state index in [-0.39, 0.29) is 11.5 Å². The standard InChI is InChI=1S/C17H16F3NO/c1-11(2)14-8-3-4-9-15(14)21-16(22)12-6-5-7-13(10-12)17(18,19)20/h3-11H,1-2H3,(H,21,22). The Morgan fingerprint density at radius 1 is 1.05 bits per heavy atom. The van der Waals surface area contributed by atoms with E-state index in [4.69, 9.17) is 0 Å². The van der Waals surface area contributed by atoms with Crippen molar-refractivity contribution in [1.82, 2.24) is 0 Å². The molecule has 5 heteroatoms. The van der Waals surface area contributed by atoms with Gasteiger partial charge in [-0.1, -0.05) is 38.1 Å². The zero-order valence-corrected chi connectivity index (χ0v) is 12.2. The summed E-state index contributed by atoms with van der Waals surface area (Å²) in [7, 11) is 0. The lowest BCUT2D eigenvalue weighted by atomic mass is 10.0. The van der Waals surface area contributed by atoms with Crippen LogP contribution >= 0.6 is 0 Å². The van der Waals surface area contributed by atoms with Crippen LogP contribution in [0.25, 0.3) is 0 Å². The van der Waals surface area contributed by atoms with Crippen LogP contribution in [-0.4, -0.2) is 5.91 Å². The maximum absolute atomic E-state index is 12.7. The first kappa shape index (κ1) is 16.1. The SMILES string of the molecule is CC(C)c1ccccc1NC(=O)c1cccc(C(F)(F)F)c1. The van der Waals surface area contributed by atoms with Crippen molar-refractivity contribution in [3.63, 3.8) is 0 Å². The molecule has 0 fully saturated rings. The molecule has 0 saturated carbocycles. The number of anilines is 1. The van der Waals surface area contributed by atoms with Crippen molar-refractivity contribution < 1.29 is 18.0 Å². The summed E-state index contributed by atoms with van der Waals surface area (Å²) in [5.74, 6) is -0.364. The van der Waals surface area contributed by atoms with Crippen molar-refractivity contribution in [1.29, 1.82) is 0 Å². The molecule has 0 unspecified atom stereocenters. The Bertz CT molecular complexity index is 678. The zero-order valence-electron chi connectivity index (χ0n) is 12.2. The minimum atomic E-state index is -4.47. The molecule has 0 saturated heterocycles. The van der Waals surface area contributed by atoms with Crippen molar-refractivity contribution in [2.75, 3.05) is 5.32 Å². The van der Waals surface area contributed by atoms with E-state index >= 15 is 0 Å². The quantitative estimate of drug-likeness (QED) is 0.841. The number of nitrogens with one attached hydrogen (secondary N) is 1. The molecule has 2 aromatic rings. The molecule has 0 heterocycles. The minimum Gasteiger partial charge on any atom is -0.322 e. The fourth-order valence-electron chi connectivity index (χ4n) is 2.15. The van der Waals surface area contributed by atoms with Gasteiger partial charge in [0, 0.05) is 11.3 Å². The molecule has 0 aliphatic carbocycles. The Balaban J connectivity index is 2.27. The molecule has 0 bridgehead atoms. The van der Waals surface area contributed by atoms with E-state index in [9.17, 15) is 18.0 Å². The first-order valence-electron chi connectivity index (χ1n) is 6.86. The fourth-order valence-corrected chi connectivity index (χ4v) is 2.15. The third kappa shape index (κ3) is 3.67. The molecule has 22 heavy (non-hydrogen) atoms. The Morgan fingerprint density at radius 3 is 2.36 bits per heavy atom. The maximum atomic E-state index is 12.7. The number of alkyl halides is 3. The van der Waals surface area contributed by atoms with Gasteiger partial charge in [-0.3, -0.25) is 4.79 Å². The second-order valence-corrected chi connectivity index (χ2v) is 5.27. The van der Waals surface area contributed by atoms with Gasteiger partial charge in [-0.05, 0) is 35.7 Å². The highest BCUT2D eigenvalue weighted by Crippen LogP contribution is 2.30. The van der Waals surface area contributed by atoms with E-state index in [0.29, 0.717) is 5.69 Å². The Hall–Kier alpha value is -2.30. The normalized spacial score (nSPS) is 11.5. The number of hydrogen-bond acceptors (Lipinski definition) is 1. The number of halogens is 3. The maximum Gasteiger partial charge on any atom is 0.416 e. The predicted octanol–water partition coefficient (Wildman–Crippen LogP) is 5.08. The molecule has 2 rings (SSSR count). The predicted molar refractivity (Wildman–Crippen MR) is 79.9 cm³/mol. The van der Waals surface area contributed by atoms with Crippen LogP contribution in [0.4, 0.5) is 18.9 Å². The molecule has 2 aromatic carbocycles. The third-order valence-electron chi connectivity index (χ3n) is 3.28. The molecule has 0 aromatic heterocycles. The number of hydrogen-bond donors (Lipinski definition) is 1. The number of para-hydroxylation sites is 1. The molecule has 0 radical (unpaired) electrons. The lowest BCUT2D eigenvalue weighted by Gasteiger charge is -2.14. The topological polar surface area (TPSA) is 29.1 Å². The lowest BCUT2D eigenvalue weighted by Crippen LogP contribution is -2.15. The number of amides is 1. The first-order chi connectivity index (χ1) is 10.3. The molecule has 116 valence electrons. The minimum absolute atomic E-state index is 0.0200. The van der Waals surface area contributed by atoms with Gasteiger partial charge < -0.3 is 5.32 Å². The highest BCUT2D eigenvalue weighted by Gasteiger charge is 2.30. The third-order valence-corrected chi connectivity index (χ3v) is 3.28. The molecule has 0 atom stereocenters. The van der Waals surface area contributed by atoms with Crippen LogP contribution in [0.2, 0.25) is 0 Å². The van der Waals surface area contributed by atoms with E-state index in [1.165, 1.54) is 12.1 Å². The lowest BCUT2D eigenvalue weighted by molar-refractivity contribution is -0.137. The monoisotopic (exact) mass is 307 g/mol. The first-order valence-corrected chi connectivity index (χ1v) is 6.86. The van der Waals surface area contributed by atoms with Crippen LogP contribution in [0.3, 0.4) is 0 Å². The fraction of sp³-hybridized carbons (Fsp3) is 0.235. The van der Waals surface area contributed by atoms with Crippen LogP contribution in [0.15, 0.2) is 48.5 Å². The Kier molecular flexibility index (Phi) is 4.54. The van der Waals surface area contributed by atoms with Crippen molar-refractivity contribution in [3.8, 4) is 0 Å². The van der Waals surface area contributed by atoms with Crippen LogP contribution in [-0.2, 0) is 6.18 Å². The van der Waals surface area contributed by atoms with E-state index in [0.717, 1.165) is 17.7 Å². The second-order valence-electron chi connectivity index (χ2n) is 5.27. The number of rotatable bonds is 3. The molecule has 0 spiro atoms. The summed E-state index contributed by atoms with van der Waals surface area (Å²) in [6, 6.07) is 11.6. The highest BCUT2D eigenvalue weighted by atomic mass is 19.4. The Morgan fingerprint density at radius 2 is 1.73 bits per heavy atom. The van der Waals surface area contributed by atoms with Gasteiger partial charge in [-0.2, -0.15) is 13.2 Å². The van der Waals surface area contributed by atoms with Gasteiger partial charge in [0.1, 0.15) is 0 Å². The van der Waals surface area contributed by atoms with E-state index in [2.05, 4.69) is 5.32 Å². The zero-order chi connectivity index (χ0) is 16.3. The summed E-state index contributed by atoms with van der Waals surface area (Å²) in [4.78, 5) is 12.2. The molecule has 1 amide bonds. The van der Waals surface area contributed by atoms with E-state index < -0.39 is 17.6 Å². The molecule has 2 nitrogen and oxygen atoms in total. The summed E-state index contributed by atoms with van der Waals surface area (Å²) in [5, 5.41) is 2.68. The van der Waals surface area contributed by atoms with Crippen molar-refractivity contribution in [2.24, 2.45) is 0 Å². The summed E-state index contributed by atoms with van der Waals surface area (Å²) >= 11 is 0. The number of carbonyl (C=O) groups is 1. The summed E-state index contributed by atoms with van der Waals surface area (Å²) < 4.78 is 38.1. The molecule has 0 aliphatic rings. The Labute approximate surface area is 127 Å².